The molecule has 0 amide bonds. The fourth-order valence-corrected chi connectivity index (χ4v) is 3.28. The van der Waals surface area contributed by atoms with Gasteiger partial charge in [0.1, 0.15) is 11.6 Å². The summed E-state index contributed by atoms with van der Waals surface area (Å²) in [6.07, 6.45) is 4.82. The van der Waals surface area contributed by atoms with Crippen molar-refractivity contribution in [1.82, 2.24) is 20.1 Å². The molecule has 2 heterocycles. The van der Waals surface area contributed by atoms with E-state index in [9.17, 15) is 0 Å². The summed E-state index contributed by atoms with van der Waals surface area (Å²) in [5, 5.41) is 12.3. The average Bonchev–Trinajstić information content (AvgIpc) is 2.74. The van der Waals surface area contributed by atoms with Gasteiger partial charge in [-0.05, 0) is 37.5 Å². The van der Waals surface area contributed by atoms with Gasteiger partial charge in [-0.3, -0.25) is 0 Å². The SMILES string of the molecule is CC(NCc1cccc(Br)c1)c1nnc2n1CCCCC2. The summed E-state index contributed by atoms with van der Waals surface area (Å²) in [6.45, 7) is 4.06. The largest absolute Gasteiger partial charge is 0.314 e. The Labute approximate surface area is 134 Å². The van der Waals surface area contributed by atoms with Crippen LogP contribution in [0.1, 0.15) is 49.4 Å². The van der Waals surface area contributed by atoms with Crippen LogP contribution in [0.5, 0.6) is 0 Å². The first-order valence-electron chi connectivity index (χ1n) is 7.64. The van der Waals surface area contributed by atoms with Gasteiger partial charge in [-0.2, -0.15) is 0 Å². The summed E-state index contributed by atoms with van der Waals surface area (Å²) in [6, 6.07) is 8.60. The molecule has 0 spiro atoms. The second kappa shape index (κ2) is 6.71. The molecular weight excluding hydrogens is 328 g/mol. The van der Waals surface area contributed by atoms with Crippen LogP contribution in [0.2, 0.25) is 0 Å². The van der Waals surface area contributed by atoms with Gasteiger partial charge in [-0.15, -0.1) is 10.2 Å². The molecule has 112 valence electrons. The van der Waals surface area contributed by atoms with E-state index in [1.165, 1.54) is 24.8 Å². The topological polar surface area (TPSA) is 42.7 Å². The van der Waals surface area contributed by atoms with E-state index < -0.39 is 0 Å². The molecule has 1 aliphatic rings. The third-order valence-electron chi connectivity index (χ3n) is 4.03. The van der Waals surface area contributed by atoms with E-state index in [2.05, 4.69) is 61.1 Å². The van der Waals surface area contributed by atoms with Crippen LogP contribution in [0.25, 0.3) is 0 Å². The lowest BCUT2D eigenvalue weighted by atomic mass is 10.2. The fraction of sp³-hybridized carbons (Fsp3) is 0.500. The average molecular weight is 349 g/mol. The van der Waals surface area contributed by atoms with Gasteiger partial charge >= 0.3 is 0 Å². The molecule has 1 unspecified atom stereocenters. The van der Waals surface area contributed by atoms with Gasteiger partial charge in [0.15, 0.2) is 0 Å². The van der Waals surface area contributed by atoms with Gasteiger partial charge in [-0.25, -0.2) is 0 Å². The number of nitrogens with zero attached hydrogens (tertiary/aromatic N) is 3. The predicted octanol–water partition coefficient (Wildman–Crippen LogP) is 3.62. The first-order chi connectivity index (χ1) is 10.2. The number of rotatable bonds is 4. The molecule has 3 rings (SSSR count). The number of fused-ring (bicyclic) bond motifs is 1. The highest BCUT2D eigenvalue weighted by Crippen LogP contribution is 2.19. The van der Waals surface area contributed by atoms with Gasteiger partial charge in [0.05, 0.1) is 6.04 Å². The number of hydrogen-bond donors (Lipinski definition) is 1. The Balaban J connectivity index is 1.68. The zero-order valence-corrected chi connectivity index (χ0v) is 13.9. The number of halogens is 1. The van der Waals surface area contributed by atoms with E-state index >= 15 is 0 Å². The normalized spacial score (nSPS) is 16.3. The third kappa shape index (κ3) is 3.52. The number of aryl methyl sites for hydroxylation is 1. The monoisotopic (exact) mass is 348 g/mol. The van der Waals surface area contributed by atoms with Crippen molar-refractivity contribution < 1.29 is 0 Å². The van der Waals surface area contributed by atoms with Crippen LogP contribution in [0.4, 0.5) is 0 Å². The Hall–Kier alpha value is -1.20. The first kappa shape index (κ1) is 14.7. The Bertz CT molecular complexity index is 608. The van der Waals surface area contributed by atoms with E-state index in [1.807, 2.05) is 6.07 Å². The lowest BCUT2D eigenvalue weighted by Gasteiger charge is -2.15. The third-order valence-corrected chi connectivity index (χ3v) is 4.52. The first-order valence-corrected chi connectivity index (χ1v) is 8.43. The van der Waals surface area contributed by atoms with Crippen LogP contribution in [-0.4, -0.2) is 14.8 Å². The van der Waals surface area contributed by atoms with Crippen molar-refractivity contribution in [2.45, 2.75) is 51.7 Å². The van der Waals surface area contributed by atoms with Crippen molar-refractivity contribution in [1.29, 1.82) is 0 Å². The molecule has 21 heavy (non-hydrogen) atoms. The summed E-state index contributed by atoms with van der Waals surface area (Å²) >= 11 is 3.51. The van der Waals surface area contributed by atoms with Crippen LogP contribution in [-0.2, 0) is 19.5 Å². The second-order valence-corrected chi connectivity index (χ2v) is 6.58. The zero-order chi connectivity index (χ0) is 14.7. The standard InChI is InChI=1S/C16H21BrN4/c1-12(18-11-13-6-5-7-14(17)10-13)16-20-19-15-8-3-2-4-9-21(15)16/h5-7,10,12,18H,2-4,8-9,11H2,1H3. The molecule has 4 nitrogen and oxygen atoms in total. The Morgan fingerprint density at radius 1 is 1.29 bits per heavy atom. The second-order valence-electron chi connectivity index (χ2n) is 5.67. The van der Waals surface area contributed by atoms with Gasteiger partial charge < -0.3 is 9.88 Å². The van der Waals surface area contributed by atoms with Crippen LogP contribution < -0.4 is 5.32 Å². The maximum atomic E-state index is 4.41. The van der Waals surface area contributed by atoms with Gasteiger partial charge in [0, 0.05) is 24.0 Å². The van der Waals surface area contributed by atoms with Gasteiger partial charge in [-0.1, -0.05) is 34.5 Å². The minimum Gasteiger partial charge on any atom is -0.314 e. The smallest absolute Gasteiger partial charge is 0.149 e. The predicted molar refractivity (Wildman–Crippen MR) is 87.0 cm³/mol. The lowest BCUT2D eigenvalue weighted by molar-refractivity contribution is 0.502. The van der Waals surface area contributed by atoms with Gasteiger partial charge in [0.2, 0.25) is 0 Å². The van der Waals surface area contributed by atoms with Crippen LogP contribution in [0.3, 0.4) is 0 Å². The molecule has 1 aromatic heterocycles. The minimum atomic E-state index is 0.211. The minimum absolute atomic E-state index is 0.211. The highest BCUT2D eigenvalue weighted by Gasteiger charge is 2.18. The maximum absolute atomic E-state index is 4.41. The maximum Gasteiger partial charge on any atom is 0.149 e. The number of hydrogen-bond acceptors (Lipinski definition) is 3. The quantitative estimate of drug-likeness (QED) is 0.917. The molecule has 0 saturated heterocycles. The number of nitrogens with one attached hydrogen (secondary N) is 1. The van der Waals surface area contributed by atoms with Crippen molar-refractivity contribution in [3.63, 3.8) is 0 Å². The van der Waals surface area contributed by atoms with E-state index in [1.54, 1.807) is 0 Å². The van der Waals surface area contributed by atoms with Gasteiger partial charge in [0.25, 0.3) is 0 Å². The fourth-order valence-electron chi connectivity index (χ4n) is 2.84. The van der Waals surface area contributed by atoms with Crippen molar-refractivity contribution >= 4 is 15.9 Å². The highest BCUT2D eigenvalue weighted by atomic mass is 79.9. The van der Waals surface area contributed by atoms with Crippen LogP contribution in [0, 0.1) is 0 Å². The van der Waals surface area contributed by atoms with Crippen molar-refractivity contribution in [2.24, 2.45) is 0 Å². The summed E-state index contributed by atoms with van der Waals surface area (Å²) in [5.41, 5.74) is 1.27. The molecule has 1 N–H and O–H groups in total. The summed E-state index contributed by atoms with van der Waals surface area (Å²) in [4.78, 5) is 0. The molecule has 1 aromatic carbocycles. The number of benzene rings is 1. The van der Waals surface area contributed by atoms with E-state index in [0.717, 1.165) is 35.6 Å². The van der Waals surface area contributed by atoms with Crippen LogP contribution in [0.15, 0.2) is 28.7 Å². The van der Waals surface area contributed by atoms with Crippen LogP contribution >= 0.6 is 15.9 Å². The summed E-state index contributed by atoms with van der Waals surface area (Å²) in [5.74, 6) is 2.22. The van der Waals surface area contributed by atoms with E-state index in [4.69, 9.17) is 0 Å². The molecule has 1 aliphatic heterocycles. The molecule has 0 fully saturated rings. The molecule has 1 atom stereocenters. The lowest BCUT2D eigenvalue weighted by Crippen LogP contribution is -2.22. The molecule has 0 saturated carbocycles. The highest BCUT2D eigenvalue weighted by molar-refractivity contribution is 9.10. The molecule has 2 aromatic rings. The molecular formula is C16H21BrN4. The Kier molecular flexibility index (Phi) is 4.70. The number of aromatic nitrogens is 3. The van der Waals surface area contributed by atoms with Crippen molar-refractivity contribution in [3.05, 3.63) is 46.0 Å². The molecule has 0 bridgehead atoms. The van der Waals surface area contributed by atoms with E-state index in [-0.39, 0.29) is 6.04 Å². The zero-order valence-electron chi connectivity index (χ0n) is 12.3. The van der Waals surface area contributed by atoms with E-state index in [0.29, 0.717) is 0 Å². The van der Waals surface area contributed by atoms with Crippen molar-refractivity contribution in [3.8, 4) is 0 Å². The Morgan fingerprint density at radius 2 is 2.19 bits per heavy atom. The van der Waals surface area contributed by atoms with Crippen molar-refractivity contribution in [2.75, 3.05) is 0 Å². The molecule has 0 aliphatic carbocycles. The molecule has 5 heteroatoms. The summed E-state index contributed by atoms with van der Waals surface area (Å²) in [7, 11) is 0. The Morgan fingerprint density at radius 3 is 3.05 bits per heavy atom. The summed E-state index contributed by atoms with van der Waals surface area (Å²) < 4.78 is 3.43. The molecule has 0 radical (unpaired) electrons.